The van der Waals surface area contributed by atoms with E-state index < -0.39 is 15.0 Å². The molecule has 0 aliphatic rings. The molecule has 0 fully saturated rings. The van der Waals surface area contributed by atoms with Crippen molar-refractivity contribution in [1.29, 1.82) is 0 Å². The molecule has 0 unspecified atom stereocenters. The minimum absolute atomic E-state index is 0.0280. The summed E-state index contributed by atoms with van der Waals surface area (Å²) in [6, 6.07) is 9.90. The van der Waals surface area contributed by atoms with Crippen molar-refractivity contribution in [1.82, 2.24) is 0 Å². The third kappa shape index (κ3) is 3.78. The second-order valence-corrected chi connectivity index (χ2v) is 6.14. The van der Waals surface area contributed by atoms with Crippen molar-refractivity contribution in [2.75, 3.05) is 6.61 Å². The van der Waals surface area contributed by atoms with Gasteiger partial charge in [-0.15, -0.1) is 0 Å². The normalized spacial score (nSPS) is 11.0. The van der Waals surface area contributed by atoms with Crippen LogP contribution in [0.3, 0.4) is 0 Å². The quantitative estimate of drug-likeness (QED) is 0.456. The number of nitro groups is 1. The number of ether oxygens (including phenoxy) is 1. The Morgan fingerprint density at radius 1 is 1.13 bits per heavy atom. The average Bonchev–Trinajstić information content (AvgIpc) is 2.49. The minimum atomic E-state index is -4.23. The fraction of sp³-hybridized carbons (Fsp3) is 0.200. The van der Waals surface area contributed by atoms with Crippen molar-refractivity contribution in [3.8, 4) is 11.5 Å². The molecule has 0 radical (unpaired) electrons. The second kappa shape index (κ2) is 6.66. The van der Waals surface area contributed by atoms with Gasteiger partial charge >= 0.3 is 10.1 Å². The Balaban J connectivity index is 2.44. The zero-order valence-electron chi connectivity index (χ0n) is 12.6. The zero-order chi connectivity index (χ0) is 17.0. The smallest absolute Gasteiger partial charge is 0.339 e. The van der Waals surface area contributed by atoms with E-state index in [0.29, 0.717) is 12.2 Å². The highest BCUT2D eigenvalue weighted by Gasteiger charge is 2.24. The lowest BCUT2D eigenvalue weighted by Crippen LogP contribution is -2.12. The third-order valence-electron chi connectivity index (χ3n) is 3.00. The van der Waals surface area contributed by atoms with Gasteiger partial charge in [0.05, 0.1) is 11.5 Å². The first-order chi connectivity index (χ1) is 10.8. The predicted octanol–water partition coefficient (Wildman–Crippen LogP) is 3.07. The highest BCUT2D eigenvalue weighted by atomic mass is 32.2. The van der Waals surface area contributed by atoms with Crippen LogP contribution >= 0.6 is 0 Å². The number of aryl methyl sites for hydroxylation is 1. The standard InChI is InChI=1S/C15H15NO6S/c1-3-21-13-6-4-5-7-14(13)22-23(19,20)15-10-12(16(17)18)9-8-11(15)2/h4-10H,3H2,1-2H3. The molecule has 0 saturated heterocycles. The van der Waals surface area contributed by atoms with Crippen LogP contribution in [0.2, 0.25) is 0 Å². The fourth-order valence-electron chi connectivity index (χ4n) is 1.93. The molecule has 0 bridgehead atoms. The van der Waals surface area contributed by atoms with Gasteiger partial charge in [0.2, 0.25) is 0 Å². The van der Waals surface area contributed by atoms with E-state index in [4.69, 9.17) is 8.92 Å². The van der Waals surface area contributed by atoms with Crippen LogP contribution in [0.15, 0.2) is 47.4 Å². The maximum absolute atomic E-state index is 12.5. The van der Waals surface area contributed by atoms with E-state index >= 15 is 0 Å². The summed E-state index contributed by atoms with van der Waals surface area (Å²) in [5, 5.41) is 10.8. The van der Waals surface area contributed by atoms with Crippen LogP contribution in [-0.2, 0) is 10.1 Å². The number of para-hydroxylation sites is 2. The van der Waals surface area contributed by atoms with Gasteiger partial charge in [-0.3, -0.25) is 10.1 Å². The molecule has 2 aromatic rings. The molecule has 2 aromatic carbocycles. The minimum Gasteiger partial charge on any atom is -0.490 e. The van der Waals surface area contributed by atoms with Crippen molar-refractivity contribution in [2.24, 2.45) is 0 Å². The van der Waals surface area contributed by atoms with Gasteiger partial charge in [-0.25, -0.2) is 0 Å². The molecule has 0 amide bonds. The molecular formula is C15H15NO6S. The Kier molecular flexibility index (Phi) is 4.85. The van der Waals surface area contributed by atoms with Crippen LogP contribution in [-0.4, -0.2) is 19.9 Å². The van der Waals surface area contributed by atoms with Crippen molar-refractivity contribution in [2.45, 2.75) is 18.7 Å². The Labute approximate surface area is 133 Å². The SMILES string of the molecule is CCOc1ccccc1OS(=O)(=O)c1cc([N+](=O)[O-])ccc1C. The second-order valence-electron chi connectivity index (χ2n) is 4.62. The summed E-state index contributed by atoms with van der Waals surface area (Å²) in [6.07, 6.45) is 0. The van der Waals surface area contributed by atoms with Crippen LogP contribution in [0.4, 0.5) is 5.69 Å². The van der Waals surface area contributed by atoms with Crippen LogP contribution in [0, 0.1) is 17.0 Å². The van der Waals surface area contributed by atoms with Gasteiger partial charge in [0.1, 0.15) is 4.90 Å². The molecule has 0 aliphatic heterocycles. The molecule has 23 heavy (non-hydrogen) atoms. The van der Waals surface area contributed by atoms with E-state index in [0.717, 1.165) is 6.07 Å². The van der Waals surface area contributed by atoms with Crippen LogP contribution in [0.25, 0.3) is 0 Å². The first-order valence-corrected chi connectivity index (χ1v) is 8.17. The average molecular weight is 337 g/mol. The van der Waals surface area contributed by atoms with Gasteiger partial charge in [-0.05, 0) is 31.5 Å². The molecule has 0 saturated carbocycles. The molecule has 7 nitrogen and oxygen atoms in total. The molecule has 2 rings (SSSR count). The molecule has 0 aromatic heterocycles. The van der Waals surface area contributed by atoms with Crippen molar-refractivity contribution in [3.63, 3.8) is 0 Å². The fourth-order valence-corrected chi connectivity index (χ4v) is 3.12. The summed E-state index contributed by atoms with van der Waals surface area (Å²) in [6.45, 7) is 3.64. The first-order valence-electron chi connectivity index (χ1n) is 6.76. The van der Waals surface area contributed by atoms with Gasteiger partial charge in [-0.2, -0.15) is 8.42 Å². The number of hydrogen-bond acceptors (Lipinski definition) is 6. The number of nitrogens with zero attached hydrogens (tertiary/aromatic N) is 1. The summed E-state index contributed by atoms with van der Waals surface area (Å²) >= 11 is 0. The van der Waals surface area contributed by atoms with Crippen LogP contribution in [0.1, 0.15) is 12.5 Å². The Hall–Kier alpha value is -2.61. The molecule has 0 aliphatic carbocycles. The number of benzene rings is 2. The summed E-state index contributed by atoms with van der Waals surface area (Å²) in [5.74, 6) is 0.307. The van der Waals surface area contributed by atoms with Gasteiger partial charge in [0, 0.05) is 12.1 Å². The Morgan fingerprint density at radius 2 is 1.78 bits per heavy atom. The molecule has 122 valence electrons. The lowest BCUT2D eigenvalue weighted by atomic mass is 10.2. The third-order valence-corrected chi connectivity index (χ3v) is 4.38. The highest BCUT2D eigenvalue weighted by molar-refractivity contribution is 7.87. The van der Waals surface area contributed by atoms with Crippen LogP contribution < -0.4 is 8.92 Å². The largest absolute Gasteiger partial charge is 0.490 e. The predicted molar refractivity (Wildman–Crippen MR) is 83.3 cm³/mol. The molecule has 0 atom stereocenters. The highest BCUT2D eigenvalue weighted by Crippen LogP contribution is 2.31. The molecule has 0 spiro atoms. The molecule has 0 N–H and O–H groups in total. The summed E-state index contributed by atoms with van der Waals surface area (Å²) in [7, 11) is -4.23. The lowest BCUT2D eigenvalue weighted by Gasteiger charge is -2.12. The zero-order valence-corrected chi connectivity index (χ0v) is 13.4. The van der Waals surface area contributed by atoms with Crippen molar-refractivity contribution in [3.05, 3.63) is 58.1 Å². The number of nitro benzene ring substituents is 1. The topological polar surface area (TPSA) is 95.7 Å². The first kappa shape index (κ1) is 16.8. The van der Waals surface area contributed by atoms with Crippen molar-refractivity contribution < 1.29 is 22.3 Å². The monoisotopic (exact) mass is 337 g/mol. The molecule has 0 heterocycles. The van der Waals surface area contributed by atoms with E-state index in [1.807, 2.05) is 0 Å². The Morgan fingerprint density at radius 3 is 2.39 bits per heavy atom. The van der Waals surface area contributed by atoms with E-state index in [1.165, 1.54) is 25.1 Å². The van der Waals surface area contributed by atoms with Gasteiger partial charge < -0.3 is 8.92 Å². The maximum atomic E-state index is 12.5. The van der Waals surface area contributed by atoms with E-state index in [2.05, 4.69) is 0 Å². The van der Waals surface area contributed by atoms with E-state index in [1.54, 1.807) is 25.1 Å². The number of non-ortho nitro benzene ring substituents is 1. The van der Waals surface area contributed by atoms with Gasteiger partial charge in [0.15, 0.2) is 11.5 Å². The van der Waals surface area contributed by atoms with E-state index in [9.17, 15) is 18.5 Å². The molecule has 8 heteroatoms. The Bertz CT molecular complexity index is 832. The number of rotatable bonds is 6. The maximum Gasteiger partial charge on any atom is 0.339 e. The van der Waals surface area contributed by atoms with Crippen LogP contribution in [0.5, 0.6) is 11.5 Å². The lowest BCUT2D eigenvalue weighted by molar-refractivity contribution is -0.385. The summed E-state index contributed by atoms with van der Waals surface area (Å²) < 4.78 is 35.3. The summed E-state index contributed by atoms with van der Waals surface area (Å²) in [5.41, 5.74) is 0.0281. The summed E-state index contributed by atoms with van der Waals surface area (Å²) in [4.78, 5) is 9.93. The van der Waals surface area contributed by atoms with Gasteiger partial charge in [-0.1, -0.05) is 18.2 Å². The number of hydrogen-bond donors (Lipinski definition) is 0. The molecular weight excluding hydrogens is 322 g/mol. The van der Waals surface area contributed by atoms with E-state index in [-0.39, 0.29) is 22.1 Å². The van der Waals surface area contributed by atoms with Gasteiger partial charge in [0.25, 0.3) is 5.69 Å². The van der Waals surface area contributed by atoms with Crippen molar-refractivity contribution >= 4 is 15.8 Å².